The van der Waals surface area contributed by atoms with Gasteiger partial charge in [0.15, 0.2) is 5.00 Å². The van der Waals surface area contributed by atoms with Gasteiger partial charge in [0.25, 0.3) is 0 Å². The molecule has 0 amide bonds. The standard InChI is InChI=1S/C8H4Cl2N2O2/c9-6-1-2-8(10,12-5-14)7(3-6)11-4-13/h1-3,7H. The Morgan fingerprint density at radius 1 is 1.43 bits per heavy atom. The average molecular weight is 231 g/mol. The Morgan fingerprint density at radius 2 is 2.14 bits per heavy atom. The largest absolute Gasteiger partial charge is 0.237 e. The van der Waals surface area contributed by atoms with Gasteiger partial charge < -0.3 is 0 Å². The number of rotatable bonds is 2. The van der Waals surface area contributed by atoms with Gasteiger partial charge in [0.2, 0.25) is 12.2 Å². The fourth-order valence-electron chi connectivity index (χ4n) is 0.976. The topological polar surface area (TPSA) is 58.9 Å². The van der Waals surface area contributed by atoms with Crippen LogP contribution in [0.1, 0.15) is 0 Å². The van der Waals surface area contributed by atoms with E-state index in [1.165, 1.54) is 30.4 Å². The van der Waals surface area contributed by atoms with Gasteiger partial charge in [-0.15, -0.1) is 0 Å². The maximum Gasteiger partial charge on any atom is 0.237 e. The van der Waals surface area contributed by atoms with Crippen molar-refractivity contribution in [3.8, 4) is 0 Å². The van der Waals surface area contributed by atoms with Gasteiger partial charge in [0.05, 0.1) is 0 Å². The molecule has 0 fully saturated rings. The predicted molar refractivity (Wildman–Crippen MR) is 51.7 cm³/mol. The summed E-state index contributed by atoms with van der Waals surface area (Å²) in [7, 11) is 0. The van der Waals surface area contributed by atoms with Crippen molar-refractivity contribution < 1.29 is 9.59 Å². The first-order chi connectivity index (χ1) is 6.62. The molecule has 0 spiro atoms. The minimum Gasteiger partial charge on any atom is -0.211 e. The number of halogens is 2. The van der Waals surface area contributed by atoms with E-state index in [0.29, 0.717) is 5.03 Å². The molecule has 0 radical (unpaired) electrons. The van der Waals surface area contributed by atoms with E-state index in [9.17, 15) is 9.59 Å². The predicted octanol–water partition coefficient (Wildman–Crippen LogP) is 1.65. The molecule has 1 rings (SSSR count). The molecule has 0 aromatic heterocycles. The van der Waals surface area contributed by atoms with Gasteiger partial charge in [-0.25, -0.2) is 9.59 Å². The second-order valence-electron chi connectivity index (χ2n) is 2.48. The van der Waals surface area contributed by atoms with Crippen LogP contribution in [-0.4, -0.2) is 23.2 Å². The zero-order valence-corrected chi connectivity index (χ0v) is 8.29. The molecule has 2 unspecified atom stereocenters. The van der Waals surface area contributed by atoms with Crippen LogP contribution in [0.2, 0.25) is 0 Å². The van der Waals surface area contributed by atoms with Crippen molar-refractivity contribution in [1.29, 1.82) is 0 Å². The maximum absolute atomic E-state index is 10.1. The number of carbonyl (C=O) groups excluding carboxylic acids is 2. The Morgan fingerprint density at radius 3 is 2.71 bits per heavy atom. The summed E-state index contributed by atoms with van der Waals surface area (Å²) in [6.45, 7) is 0. The molecule has 6 heteroatoms. The summed E-state index contributed by atoms with van der Waals surface area (Å²) < 4.78 is 0. The van der Waals surface area contributed by atoms with Crippen LogP contribution in [0.3, 0.4) is 0 Å². The summed E-state index contributed by atoms with van der Waals surface area (Å²) in [5.41, 5.74) is 0. The molecule has 2 atom stereocenters. The molecule has 0 bridgehead atoms. The summed E-state index contributed by atoms with van der Waals surface area (Å²) in [6.07, 6.45) is 6.88. The van der Waals surface area contributed by atoms with E-state index in [1.54, 1.807) is 0 Å². The number of hydrogen-bond donors (Lipinski definition) is 0. The molecule has 4 nitrogen and oxygen atoms in total. The van der Waals surface area contributed by atoms with Gasteiger partial charge in [-0.3, -0.25) is 0 Å². The Bertz CT molecular complexity index is 392. The highest BCUT2D eigenvalue weighted by atomic mass is 35.5. The molecule has 0 aromatic rings. The van der Waals surface area contributed by atoms with E-state index in [2.05, 4.69) is 9.98 Å². The lowest BCUT2D eigenvalue weighted by atomic mass is 10.0. The lowest BCUT2D eigenvalue weighted by Gasteiger charge is -2.23. The van der Waals surface area contributed by atoms with Crippen LogP contribution < -0.4 is 0 Å². The quantitative estimate of drug-likeness (QED) is 0.314. The summed E-state index contributed by atoms with van der Waals surface area (Å²) in [5.74, 6) is 0. The molecule has 0 aliphatic heterocycles. The molecule has 0 heterocycles. The lowest BCUT2D eigenvalue weighted by Crippen LogP contribution is -2.31. The van der Waals surface area contributed by atoms with E-state index < -0.39 is 11.0 Å². The van der Waals surface area contributed by atoms with E-state index in [4.69, 9.17) is 23.2 Å². The SMILES string of the molecule is O=C=NC1C=C(Cl)C=CC1(Cl)N=C=O. The molecular formula is C8H4Cl2N2O2. The van der Waals surface area contributed by atoms with Crippen LogP contribution in [0.5, 0.6) is 0 Å². The summed E-state index contributed by atoms with van der Waals surface area (Å²) in [6, 6.07) is -0.833. The normalized spacial score (nSPS) is 29.9. The summed E-state index contributed by atoms with van der Waals surface area (Å²) in [4.78, 5) is 25.5. The fraction of sp³-hybridized carbons (Fsp3) is 0.250. The molecule has 0 aromatic carbocycles. The highest BCUT2D eigenvalue weighted by molar-refractivity contribution is 6.32. The van der Waals surface area contributed by atoms with Crippen LogP contribution in [0.25, 0.3) is 0 Å². The number of allylic oxidation sites excluding steroid dienone is 2. The molecular weight excluding hydrogens is 227 g/mol. The van der Waals surface area contributed by atoms with Gasteiger partial charge in [-0.1, -0.05) is 23.2 Å². The van der Waals surface area contributed by atoms with Crippen molar-refractivity contribution in [1.82, 2.24) is 0 Å². The van der Waals surface area contributed by atoms with E-state index in [1.807, 2.05) is 0 Å². The second kappa shape index (κ2) is 4.36. The zero-order valence-electron chi connectivity index (χ0n) is 6.78. The first-order valence-electron chi connectivity index (χ1n) is 3.54. The number of nitrogens with zero attached hydrogens (tertiary/aromatic N) is 2. The van der Waals surface area contributed by atoms with Crippen molar-refractivity contribution in [2.75, 3.05) is 0 Å². The third-order valence-electron chi connectivity index (χ3n) is 1.62. The minimum atomic E-state index is -1.42. The smallest absolute Gasteiger partial charge is 0.211 e. The van der Waals surface area contributed by atoms with Crippen molar-refractivity contribution in [2.45, 2.75) is 11.0 Å². The van der Waals surface area contributed by atoms with Crippen molar-refractivity contribution >= 4 is 35.4 Å². The fourth-order valence-corrected chi connectivity index (χ4v) is 1.37. The van der Waals surface area contributed by atoms with Gasteiger partial charge in [-0.2, -0.15) is 9.98 Å². The van der Waals surface area contributed by atoms with Gasteiger partial charge in [-0.05, 0) is 18.2 Å². The van der Waals surface area contributed by atoms with Gasteiger partial charge in [0.1, 0.15) is 6.04 Å². The van der Waals surface area contributed by atoms with Crippen LogP contribution in [0.15, 0.2) is 33.2 Å². The van der Waals surface area contributed by atoms with Gasteiger partial charge >= 0.3 is 0 Å². The van der Waals surface area contributed by atoms with Crippen molar-refractivity contribution in [2.24, 2.45) is 9.98 Å². The van der Waals surface area contributed by atoms with Crippen molar-refractivity contribution in [3.63, 3.8) is 0 Å². The van der Waals surface area contributed by atoms with Gasteiger partial charge in [0, 0.05) is 5.03 Å². The number of isocyanates is 2. The van der Waals surface area contributed by atoms with Crippen LogP contribution in [0, 0.1) is 0 Å². The van der Waals surface area contributed by atoms with Crippen LogP contribution in [0.4, 0.5) is 0 Å². The molecule has 0 N–H and O–H groups in total. The number of alkyl halides is 1. The van der Waals surface area contributed by atoms with E-state index >= 15 is 0 Å². The Kier molecular flexibility index (Phi) is 3.39. The minimum absolute atomic E-state index is 0.367. The Labute approximate surface area is 89.6 Å². The lowest BCUT2D eigenvalue weighted by molar-refractivity contribution is 0.542. The summed E-state index contributed by atoms with van der Waals surface area (Å²) in [5, 5.41) is 0.367. The van der Waals surface area contributed by atoms with Crippen molar-refractivity contribution in [3.05, 3.63) is 23.3 Å². The second-order valence-corrected chi connectivity index (χ2v) is 3.52. The van der Waals surface area contributed by atoms with E-state index in [-0.39, 0.29) is 0 Å². The Hall–Kier alpha value is -1.18. The van der Waals surface area contributed by atoms with Crippen LogP contribution >= 0.6 is 23.2 Å². The molecule has 0 saturated carbocycles. The first-order valence-corrected chi connectivity index (χ1v) is 4.29. The molecule has 1 aliphatic carbocycles. The van der Waals surface area contributed by atoms with Crippen LogP contribution in [-0.2, 0) is 9.59 Å². The monoisotopic (exact) mass is 230 g/mol. The maximum atomic E-state index is 10.1. The third-order valence-corrected chi connectivity index (χ3v) is 2.30. The highest BCUT2D eigenvalue weighted by Crippen LogP contribution is 2.32. The summed E-state index contributed by atoms with van der Waals surface area (Å²) >= 11 is 11.6. The molecule has 1 aliphatic rings. The molecule has 14 heavy (non-hydrogen) atoms. The average Bonchev–Trinajstić information content (AvgIpc) is 2.13. The van der Waals surface area contributed by atoms with E-state index in [0.717, 1.165) is 0 Å². The first kappa shape index (κ1) is 10.9. The Balaban J connectivity index is 3.14. The highest BCUT2D eigenvalue weighted by Gasteiger charge is 2.35. The number of hydrogen-bond acceptors (Lipinski definition) is 4. The molecule has 0 saturated heterocycles. The number of aliphatic imine (C=N–C) groups is 2. The zero-order chi connectivity index (χ0) is 10.6. The molecule has 72 valence electrons. The third kappa shape index (κ3) is 2.19.